The number of nitrogens with one attached hydrogen (secondary N) is 3. The summed E-state index contributed by atoms with van der Waals surface area (Å²) >= 11 is 0. The highest BCUT2D eigenvalue weighted by molar-refractivity contribution is 5.94. The maximum absolute atomic E-state index is 12.7. The van der Waals surface area contributed by atoms with E-state index in [1.807, 2.05) is 30.3 Å². The molecule has 0 radical (unpaired) electrons. The van der Waals surface area contributed by atoms with Crippen LogP contribution in [0.15, 0.2) is 42.6 Å². The Kier molecular flexibility index (Phi) is 4.79. The summed E-state index contributed by atoms with van der Waals surface area (Å²) in [6.45, 7) is 4.90. The number of aromatic nitrogens is 3. The lowest BCUT2D eigenvalue weighted by molar-refractivity contribution is 0.0415. The van der Waals surface area contributed by atoms with Gasteiger partial charge in [-0.2, -0.15) is 5.10 Å². The van der Waals surface area contributed by atoms with Crippen molar-refractivity contribution >= 4 is 28.6 Å². The zero-order valence-corrected chi connectivity index (χ0v) is 17.5. The van der Waals surface area contributed by atoms with Gasteiger partial charge in [-0.15, -0.1) is 0 Å². The summed E-state index contributed by atoms with van der Waals surface area (Å²) in [6, 6.07) is 10.5. The molecular weight excluding hydrogens is 396 g/mol. The van der Waals surface area contributed by atoms with Crippen LogP contribution in [0.3, 0.4) is 0 Å². The van der Waals surface area contributed by atoms with Gasteiger partial charge in [0.1, 0.15) is 5.82 Å². The number of hydrogen-bond acceptors (Lipinski definition) is 6. The number of anilines is 2. The fraction of sp³-hybridized carbons (Fsp3) is 0.409. The smallest absolute Gasteiger partial charge is 0.320 e. The Bertz CT molecular complexity index is 1090. The van der Waals surface area contributed by atoms with E-state index in [0.717, 1.165) is 41.9 Å². The van der Waals surface area contributed by atoms with Gasteiger partial charge in [0.25, 0.3) is 0 Å². The first-order valence-electron chi connectivity index (χ1n) is 10.5. The van der Waals surface area contributed by atoms with Crippen LogP contribution in [-0.2, 0) is 4.74 Å². The summed E-state index contributed by atoms with van der Waals surface area (Å²) in [7, 11) is 0. The Morgan fingerprint density at radius 3 is 2.84 bits per heavy atom. The minimum absolute atomic E-state index is 0.280. The molecule has 3 atom stereocenters. The third-order valence-electron chi connectivity index (χ3n) is 5.96. The fourth-order valence-corrected chi connectivity index (χ4v) is 4.44. The molecule has 2 aliphatic rings. The van der Waals surface area contributed by atoms with Crippen molar-refractivity contribution in [2.75, 3.05) is 23.4 Å². The summed E-state index contributed by atoms with van der Waals surface area (Å²) in [5.74, 6) is 1.27. The average Bonchev–Trinajstić information content (AvgIpc) is 3.47. The lowest BCUT2D eigenvalue weighted by Gasteiger charge is -2.30. The molecule has 1 aromatic carbocycles. The molecule has 0 saturated carbocycles. The molecule has 2 aromatic heterocycles. The van der Waals surface area contributed by atoms with Gasteiger partial charge in [0.05, 0.1) is 41.3 Å². The maximum Gasteiger partial charge on any atom is 0.320 e. The van der Waals surface area contributed by atoms with E-state index in [-0.39, 0.29) is 6.10 Å². The van der Waals surface area contributed by atoms with Crippen LogP contribution in [0.1, 0.15) is 31.9 Å². The monoisotopic (exact) mass is 422 g/mol. The van der Waals surface area contributed by atoms with E-state index < -0.39 is 17.7 Å². The normalized spacial score (nSPS) is 21.5. The van der Waals surface area contributed by atoms with Gasteiger partial charge in [-0.3, -0.25) is 10.4 Å². The molecule has 3 unspecified atom stereocenters. The predicted molar refractivity (Wildman–Crippen MR) is 117 cm³/mol. The van der Waals surface area contributed by atoms with Gasteiger partial charge < -0.3 is 20.1 Å². The molecule has 9 nitrogen and oxygen atoms in total. The highest BCUT2D eigenvalue weighted by Crippen LogP contribution is 2.35. The van der Waals surface area contributed by atoms with Crippen LogP contribution in [-0.4, -0.2) is 57.2 Å². The standard InChI is InChI=1S/C22H26N6O3/c1-22(2,30)19(13-6-4-3-5-7-13)25-21(29)24-18-9-17-16(10-23-18)20(27-26-17)28-11-15-8-14(28)12-31-15/h3-7,9-10,14-15,19,30H,8,11-12H2,1-2H3,(H,26,27)(H2,23,24,25,29). The minimum Gasteiger partial charge on any atom is -0.388 e. The quantitative estimate of drug-likeness (QED) is 0.502. The van der Waals surface area contributed by atoms with Crippen molar-refractivity contribution in [1.29, 1.82) is 0 Å². The number of carbonyl (C=O) groups excluding carboxylic acids is 1. The van der Waals surface area contributed by atoms with Gasteiger partial charge in [0, 0.05) is 18.8 Å². The summed E-state index contributed by atoms with van der Waals surface area (Å²) in [5.41, 5.74) is 0.467. The number of urea groups is 1. The molecule has 9 heteroatoms. The van der Waals surface area contributed by atoms with Crippen molar-refractivity contribution in [3.05, 3.63) is 48.2 Å². The fourth-order valence-electron chi connectivity index (χ4n) is 4.44. The second-order valence-electron chi connectivity index (χ2n) is 8.76. The number of aromatic amines is 1. The van der Waals surface area contributed by atoms with Gasteiger partial charge >= 0.3 is 6.03 Å². The third-order valence-corrected chi connectivity index (χ3v) is 5.96. The van der Waals surface area contributed by atoms with Gasteiger partial charge in [-0.25, -0.2) is 9.78 Å². The number of pyridine rings is 1. The van der Waals surface area contributed by atoms with Crippen molar-refractivity contribution in [1.82, 2.24) is 20.5 Å². The number of amides is 2. The van der Waals surface area contributed by atoms with Crippen molar-refractivity contribution in [2.24, 2.45) is 0 Å². The lowest BCUT2D eigenvalue weighted by Crippen LogP contribution is -2.43. The van der Waals surface area contributed by atoms with E-state index in [4.69, 9.17) is 4.74 Å². The molecule has 5 rings (SSSR count). The second kappa shape index (κ2) is 7.51. The van der Waals surface area contributed by atoms with E-state index in [9.17, 15) is 9.90 Å². The summed E-state index contributed by atoms with van der Waals surface area (Å²) in [5, 5.41) is 24.6. The highest BCUT2D eigenvalue weighted by Gasteiger charge is 2.40. The number of ether oxygens (including phenoxy) is 1. The van der Waals surface area contributed by atoms with E-state index in [2.05, 4.69) is 30.7 Å². The molecule has 2 amide bonds. The Hall–Kier alpha value is -3.17. The van der Waals surface area contributed by atoms with Crippen LogP contribution >= 0.6 is 0 Å². The molecule has 162 valence electrons. The van der Waals surface area contributed by atoms with Crippen LogP contribution in [0.4, 0.5) is 16.4 Å². The Balaban J connectivity index is 1.31. The van der Waals surface area contributed by atoms with Crippen molar-refractivity contribution < 1.29 is 14.6 Å². The van der Waals surface area contributed by atoms with Crippen molar-refractivity contribution in [2.45, 2.75) is 44.1 Å². The van der Waals surface area contributed by atoms with Crippen LogP contribution < -0.4 is 15.5 Å². The zero-order chi connectivity index (χ0) is 21.6. The molecule has 31 heavy (non-hydrogen) atoms. The van der Waals surface area contributed by atoms with E-state index in [0.29, 0.717) is 11.9 Å². The first-order valence-corrected chi connectivity index (χ1v) is 10.5. The van der Waals surface area contributed by atoms with Gasteiger partial charge in [-0.05, 0) is 25.8 Å². The molecule has 2 aliphatic heterocycles. The average molecular weight is 422 g/mol. The Labute approximate surface area is 179 Å². The molecule has 0 spiro atoms. The largest absolute Gasteiger partial charge is 0.388 e. The number of benzene rings is 1. The number of aliphatic hydroxyl groups is 1. The summed E-state index contributed by atoms with van der Waals surface area (Å²) < 4.78 is 5.67. The van der Waals surface area contributed by atoms with Crippen LogP contribution in [0, 0.1) is 0 Å². The number of rotatable bonds is 5. The first kappa shape index (κ1) is 19.8. The van der Waals surface area contributed by atoms with E-state index in [1.54, 1.807) is 26.1 Å². The van der Waals surface area contributed by atoms with Crippen molar-refractivity contribution in [3.63, 3.8) is 0 Å². The number of H-pyrrole nitrogens is 1. The molecule has 2 saturated heterocycles. The lowest BCUT2D eigenvalue weighted by atomic mass is 9.92. The Morgan fingerprint density at radius 1 is 1.35 bits per heavy atom. The number of nitrogens with zero attached hydrogens (tertiary/aromatic N) is 3. The number of morpholine rings is 1. The molecule has 3 aromatic rings. The number of hydrogen-bond donors (Lipinski definition) is 4. The molecule has 4 N–H and O–H groups in total. The SMILES string of the molecule is CC(C)(O)C(NC(=O)Nc1cc2[nH]nc(N3CC4CC3CO4)c2cn1)c1ccccc1. The Morgan fingerprint density at radius 2 is 2.16 bits per heavy atom. The highest BCUT2D eigenvalue weighted by atomic mass is 16.5. The van der Waals surface area contributed by atoms with Crippen molar-refractivity contribution in [3.8, 4) is 0 Å². The van der Waals surface area contributed by atoms with E-state index >= 15 is 0 Å². The second-order valence-corrected chi connectivity index (χ2v) is 8.76. The number of fused-ring (bicyclic) bond motifs is 3. The topological polar surface area (TPSA) is 115 Å². The third kappa shape index (κ3) is 3.82. The van der Waals surface area contributed by atoms with E-state index in [1.165, 1.54) is 0 Å². The summed E-state index contributed by atoms with van der Waals surface area (Å²) in [4.78, 5) is 19.3. The summed E-state index contributed by atoms with van der Waals surface area (Å²) in [6.07, 6.45) is 3.04. The zero-order valence-electron chi connectivity index (χ0n) is 17.5. The minimum atomic E-state index is -1.15. The molecule has 2 fully saturated rings. The van der Waals surface area contributed by atoms with Gasteiger partial charge in [0.15, 0.2) is 5.82 Å². The maximum atomic E-state index is 12.7. The predicted octanol–water partition coefficient (Wildman–Crippen LogP) is 2.57. The van der Waals surface area contributed by atoms with Crippen LogP contribution in [0.25, 0.3) is 10.9 Å². The van der Waals surface area contributed by atoms with Gasteiger partial charge in [0.2, 0.25) is 0 Å². The molecule has 2 bridgehead atoms. The van der Waals surface area contributed by atoms with Gasteiger partial charge in [-0.1, -0.05) is 30.3 Å². The van der Waals surface area contributed by atoms with Crippen LogP contribution in [0.2, 0.25) is 0 Å². The molecular formula is C22H26N6O3. The molecule has 0 aliphatic carbocycles. The molecule has 4 heterocycles. The first-order chi connectivity index (χ1) is 14.9. The van der Waals surface area contributed by atoms with Crippen LogP contribution in [0.5, 0.6) is 0 Å². The number of carbonyl (C=O) groups is 1.